The van der Waals surface area contributed by atoms with E-state index < -0.39 is 3.79 Å². The van der Waals surface area contributed by atoms with E-state index in [2.05, 4.69) is 10.2 Å². The van der Waals surface area contributed by atoms with Gasteiger partial charge in [-0.2, -0.15) is 5.10 Å². The van der Waals surface area contributed by atoms with Crippen LogP contribution >= 0.6 is 34.8 Å². The Kier molecular flexibility index (Phi) is 3.78. The minimum atomic E-state index is -1.56. The largest absolute Gasteiger partial charge is 0.369 e. The van der Waals surface area contributed by atoms with E-state index in [-0.39, 0.29) is 5.96 Å². The Morgan fingerprint density at radius 3 is 2.10 bits per heavy atom. The SMILES string of the molecule is NC(N)=NN=CC(Cl)(Cl)Cl. The molecule has 0 bridgehead atoms. The molecule has 0 amide bonds. The van der Waals surface area contributed by atoms with Crippen molar-refractivity contribution in [2.75, 3.05) is 0 Å². The van der Waals surface area contributed by atoms with Crippen LogP contribution in [0.2, 0.25) is 0 Å². The molecule has 10 heavy (non-hydrogen) atoms. The summed E-state index contributed by atoms with van der Waals surface area (Å²) < 4.78 is -1.56. The average Bonchev–Trinajstić information content (AvgIpc) is 1.59. The maximum absolute atomic E-state index is 5.25. The van der Waals surface area contributed by atoms with Crippen LogP contribution in [-0.4, -0.2) is 16.0 Å². The lowest BCUT2D eigenvalue weighted by molar-refractivity contribution is 1.20. The first kappa shape index (κ1) is 9.81. The first-order chi connectivity index (χ1) is 4.42. The molecule has 4 N–H and O–H groups in total. The Morgan fingerprint density at radius 2 is 1.80 bits per heavy atom. The molecule has 0 saturated heterocycles. The van der Waals surface area contributed by atoms with Crippen molar-refractivity contribution in [1.82, 2.24) is 0 Å². The van der Waals surface area contributed by atoms with Gasteiger partial charge in [-0.3, -0.25) is 0 Å². The molecule has 0 saturated carbocycles. The number of halogens is 3. The Balaban J connectivity index is 3.90. The molecule has 0 aliphatic rings. The van der Waals surface area contributed by atoms with E-state index in [1.54, 1.807) is 0 Å². The number of hydrogen-bond donors (Lipinski definition) is 2. The third-order valence-electron chi connectivity index (χ3n) is 0.377. The fraction of sp³-hybridized carbons (Fsp3) is 0.333. The molecule has 0 aliphatic heterocycles. The van der Waals surface area contributed by atoms with Crippen molar-refractivity contribution in [1.29, 1.82) is 0 Å². The van der Waals surface area contributed by atoms with Gasteiger partial charge in [0.1, 0.15) is 0 Å². The highest BCUT2D eigenvalue weighted by molar-refractivity contribution is 6.74. The number of hydrogen-bond acceptors (Lipinski definition) is 2. The second-order valence-electron chi connectivity index (χ2n) is 1.31. The highest BCUT2D eigenvalue weighted by atomic mass is 35.6. The molecule has 58 valence electrons. The van der Waals surface area contributed by atoms with Crippen molar-refractivity contribution in [2.24, 2.45) is 21.7 Å². The van der Waals surface area contributed by atoms with Crippen LogP contribution in [-0.2, 0) is 0 Å². The summed E-state index contributed by atoms with van der Waals surface area (Å²) in [5, 5.41) is 6.46. The molecular formula is C3H5Cl3N4. The van der Waals surface area contributed by atoms with Crippen molar-refractivity contribution in [3.8, 4) is 0 Å². The zero-order chi connectivity index (χ0) is 8.20. The lowest BCUT2D eigenvalue weighted by Gasteiger charge is -1.98. The Labute approximate surface area is 72.8 Å². The molecule has 0 unspecified atom stereocenters. The fourth-order valence-corrected chi connectivity index (χ4v) is 0.292. The highest BCUT2D eigenvalue weighted by Gasteiger charge is 2.14. The predicted molar refractivity (Wildman–Crippen MR) is 44.6 cm³/mol. The number of rotatable bonds is 1. The van der Waals surface area contributed by atoms with Gasteiger partial charge >= 0.3 is 0 Å². The first-order valence-corrected chi connectivity index (χ1v) is 3.25. The van der Waals surface area contributed by atoms with Crippen LogP contribution in [0.1, 0.15) is 0 Å². The summed E-state index contributed by atoms with van der Waals surface area (Å²) in [6.45, 7) is 0. The van der Waals surface area contributed by atoms with Gasteiger partial charge in [-0.1, -0.05) is 34.8 Å². The Morgan fingerprint density at radius 1 is 1.30 bits per heavy atom. The van der Waals surface area contributed by atoms with Gasteiger partial charge in [-0.15, -0.1) is 5.10 Å². The van der Waals surface area contributed by atoms with E-state index in [1.165, 1.54) is 0 Å². The molecule has 0 heterocycles. The lowest BCUT2D eigenvalue weighted by Crippen LogP contribution is -2.22. The van der Waals surface area contributed by atoms with Gasteiger partial charge in [0.25, 0.3) is 0 Å². The summed E-state index contributed by atoms with van der Waals surface area (Å²) in [5.74, 6) is -0.189. The van der Waals surface area contributed by atoms with Gasteiger partial charge in [-0.25, -0.2) is 0 Å². The number of alkyl halides is 3. The Bertz CT molecular complexity index is 154. The van der Waals surface area contributed by atoms with Crippen molar-refractivity contribution in [3.05, 3.63) is 0 Å². The van der Waals surface area contributed by atoms with Gasteiger partial charge in [0.2, 0.25) is 9.75 Å². The normalized spacial score (nSPS) is 11.9. The minimum absolute atomic E-state index is 0.189. The second kappa shape index (κ2) is 3.85. The van der Waals surface area contributed by atoms with E-state index in [4.69, 9.17) is 46.3 Å². The molecule has 0 aromatic rings. The zero-order valence-electron chi connectivity index (χ0n) is 4.76. The van der Waals surface area contributed by atoms with Gasteiger partial charge < -0.3 is 11.5 Å². The minimum Gasteiger partial charge on any atom is -0.369 e. The summed E-state index contributed by atoms with van der Waals surface area (Å²) in [6.07, 6.45) is 0.984. The molecule has 0 radical (unpaired) electrons. The number of guanidine groups is 1. The Hall–Kier alpha value is -0.190. The lowest BCUT2D eigenvalue weighted by atomic mass is 10.9. The van der Waals surface area contributed by atoms with Crippen LogP contribution in [0, 0.1) is 0 Å². The van der Waals surface area contributed by atoms with Gasteiger partial charge in [0.15, 0.2) is 0 Å². The smallest absolute Gasteiger partial charge is 0.227 e. The first-order valence-electron chi connectivity index (χ1n) is 2.11. The molecule has 0 atom stereocenters. The second-order valence-corrected chi connectivity index (χ2v) is 3.68. The molecule has 7 heteroatoms. The van der Waals surface area contributed by atoms with E-state index in [1.807, 2.05) is 0 Å². The summed E-state index contributed by atoms with van der Waals surface area (Å²) in [6, 6.07) is 0. The number of nitrogens with zero attached hydrogens (tertiary/aromatic N) is 2. The topological polar surface area (TPSA) is 76.8 Å². The van der Waals surface area contributed by atoms with Crippen LogP contribution in [0.15, 0.2) is 10.2 Å². The van der Waals surface area contributed by atoms with Crippen molar-refractivity contribution < 1.29 is 0 Å². The standard InChI is InChI=1S/C3H5Cl3N4/c4-3(5,6)1-9-10-2(7)8/h1H,(H4,7,8,10). The summed E-state index contributed by atoms with van der Waals surface area (Å²) in [7, 11) is 0. The van der Waals surface area contributed by atoms with Crippen LogP contribution in [0.25, 0.3) is 0 Å². The van der Waals surface area contributed by atoms with Gasteiger partial charge in [0.05, 0.1) is 6.21 Å². The van der Waals surface area contributed by atoms with Crippen molar-refractivity contribution >= 4 is 47.0 Å². The van der Waals surface area contributed by atoms with Crippen LogP contribution in [0.4, 0.5) is 0 Å². The molecular weight excluding hydrogens is 198 g/mol. The average molecular weight is 203 g/mol. The van der Waals surface area contributed by atoms with Crippen molar-refractivity contribution in [2.45, 2.75) is 3.79 Å². The van der Waals surface area contributed by atoms with Crippen molar-refractivity contribution in [3.63, 3.8) is 0 Å². The monoisotopic (exact) mass is 202 g/mol. The maximum atomic E-state index is 5.25. The molecule has 0 aliphatic carbocycles. The number of nitrogens with two attached hydrogens (primary N) is 2. The third kappa shape index (κ3) is 7.81. The fourth-order valence-electron chi connectivity index (χ4n) is 0.161. The van der Waals surface area contributed by atoms with E-state index in [9.17, 15) is 0 Å². The predicted octanol–water partition coefficient (Wildman–Crippen LogP) is 0.616. The summed E-state index contributed by atoms with van der Waals surface area (Å²) in [5.41, 5.74) is 9.81. The van der Waals surface area contributed by atoms with E-state index in [0.717, 1.165) is 6.21 Å². The van der Waals surface area contributed by atoms with E-state index >= 15 is 0 Å². The zero-order valence-corrected chi connectivity index (χ0v) is 7.03. The van der Waals surface area contributed by atoms with Crippen LogP contribution in [0.3, 0.4) is 0 Å². The van der Waals surface area contributed by atoms with Gasteiger partial charge in [-0.05, 0) is 0 Å². The third-order valence-corrected chi connectivity index (χ3v) is 0.670. The van der Waals surface area contributed by atoms with Crippen LogP contribution in [0.5, 0.6) is 0 Å². The molecule has 0 aromatic carbocycles. The molecule has 4 nitrogen and oxygen atoms in total. The van der Waals surface area contributed by atoms with Crippen LogP contribution < -0.4 is 11.5 Å². The summed E-state index contributed by atoms with van der Waals surface area (Å²) in [4.78, 5) is 0. The molecule has 0 spiro atoms. The van der Waals surface area contributed by atoms with E-state index in [0.29, 0.717) is 0 Å². The van der Waals surface area contributed by atoms with Gasteiger partial charge in [0, 0.05) is 0 Å². The summed E-state index contributed by atoms with van der Waals surface area (Å²) >= 11 is 15.7. The molecule has 0 rings (SSSR count). The molecule has 0 fully saturated rings. The molecule has 0 aromatic heterocycles. The quantitative estimate of drug-likeness (QED) is 0.284. The maximum Gasteiger partial charge on any atom is 0.227 e. The highest BCUT2D eigenvalue weighted by Crippen LogP contribution is 2.22.